The molecule has 0 aromatic heterocycles. The lowest BCUT2D eigenvalue weighted by molar-refractivity contribution is -0.114. The van der Waals surface area contributed by atoms with E-state index in [1.54, 1.807) is 12.1 Å². The fourth-order valence-corrected chi connectivity index (χ4v) is 1.63. The normalized spacial score (nSPS) is 10.9. The van der Waals surface area contributed by atoms with Crippen LogP contribution in [-0.4, -0.2) is 17.0 Å². The summed E-state index contributed by atoms with van der Waals surface area (Å²) in [6.45, 7) is 1.45. The van der Waals surface area contributed by atoms with E-state index in [0.717, 1.165) is 11.3 Å². The lowest BCUT2D eigenvalue weighted by Gasteiger charge is -2.02. The van der Waals surface area contributed by atoms with Crippen molar-refractivity contribution in [2.24, 2.45) is 0 Å². The summed E-state index contributed by atoms with van der Waals surface area (Å²) in [5, 5.41) is 2.65. The van der Waals surface area contributed by atoms with Crippen molar-refractivity contribution in [1.29, 1.82) is 0 Å². The molecule has 0 radical (unpaired) electrons. The molecule has 5 heteroatoms. The minimum Gasteiger partial charge on any atom is -0.326 e. The van der Waals surface area contributed by atoms with Gasteiger partial charge in [-0.1, -0.05) is 12.1 Å². The van der Waals surface area contributed by atoms with Crippen LogP contribution < -0.4 is 5.32 Å². The highest BCUT2D eigenvalue weighted by Gasteiger charge is 2.09. The van der Waals surface area contributed by atoms with Crippen LogP contribution in [0.25, 0.3) is 0 Å². The number of anilines is 1. The van der Waals surface area contributed by atoms with Crippen molar-refractivity contribution in [2.75, 3.05) is 11.5 Å². The summed E-state index contributed by atoms with van der Waals surface area (Å²) in [6.07, 6.45) is 0.848. The highest BCUT2D eigenvalue weighted by Crippen LogP contribution is 2.16. The molecule has 1 atom stereocenters. The van der Waals surface area contributed by atoms with Crippen LogP contribution in [0.1, 0.15) is 12.5 Å². The Balaban J connectivity index is 2.56. The summed E-state index contributed by atoms with van der Waals surface area (Å²) >= 11 is 0. The van der Waals surface area contributed by atoms with Crippen molar-refractivity contribution >= 4 is 19.6 Å². The maximum Gasteiger partial charge on any atom is 0.505 e. The molecule has 1 unspecified atom stereocenters. The van der Waals surface area contributed by atoms with Gasteiger partial charge in [0, 0.05) is 19.0 Å². The number of rotatable bonds is 4. The standard InChI is InChI=1S/C10H12NO3P/c1-8(12)11-10-4-2-9(3-5-10)6-7-15(13)14/h2-5H,6-7H2,1H3,(H-,11,12,13,14)/p+1. The summed E-state index contributed by atoms with van der Waals surface area (Å²) in [5.74, 6) is -0.110. The van der Waals surface area contributed by atoms with Crippen LogP contribution in [0.3, 0.4) is 0 Å². The Morgan fingerprint density at radius 1 is 1.40 bits per heavy atom. The number of benzene rings is 1. The second-order valence-electron chi connectivity index (χ2n) is 3.20. The fraction of sp³-hybridized carbons (Fsp3) is 0.300. The van der Waals surface area contributed by atoms with Crippen molar-refractivity contribution in [2.45, 2.75) is 13.3 Å². The van der Waals surface area contributed by atoms with Gasteiger partial charge in [0.05, 0.1) is 0 Å². The van der Waals surface area contributed by atoms with Crippen LogP contribution in [0.4, 0.5) is 5.69 Å². The van der Waals surface area contributed by atoms with Crippen LogP contribution in [0.5, 0.6) is 0 Å². The summed E-state index contributed by atoms with van der Waals surface area (Å²) in [7, 11) is -2.07. The maximum absolute atomic E-state index is 10.7. The van der Waals surface area contributed by atoms with Gasteiger partial charge >= 0.3 is 8.03 Å². The number of nitrogens with one attached hydrogen (secondary N) is 1. The average molecular weight is 226 g/mol. The molecule has 0 bridgehead atoms. The van der Waals surface area contributed by atoms with Crippen LogP contribution in [0.2, 0.25) is 0 Å². The second-order valence-corrected chi connectivity index (χ2v) is 4.36. The molecule has 1 rings (SSSR count). The SMILES string of the molecule is CC(=O)Nc1ccc(CC[P+](=O)O)cc1. The zero-order valence-corrected chi connectivity index (χ0v) is 9.33. The molecule has 0 aliphatic carbocycles. The molecule has 1 amide bonds. The van der Waals surface area contributed by atoms with Gasteiger partial charge in [0.25, 0.3) is 0 Å². The smallest absolute Gasteiger partial charge is 0.326 e. The first-order valence-electron chi connectivity index (χ1n) is 4.58. The summed E-state index contributed by atoms with van der Waals surface area (Å²) in [6, 6.07) is 7.23. The Kier molecular flexibility index (Phi) is 4.40. The van der Waals surface area contributed by atoms with E-state index in [0.29, 0.717) is 6.42 Å². The Bertz CT molecular complexity index is 361. The Labute approximate surface area is 89.2 Å². The van der Waals surface area contributed by atoms with Gasteiger partial charge in [0.15, 0.2) is 6.16 Å². The van der Waals surface area contributed by atoms with E-state index in [-0.39, 0.29) is 12.1 Å². The first kappa shape index (κ1) is 11.8. The number of aryl methyl sites for hydroxylation is 1. The van der Waals surface area contributed by atoms with Gasteiger partial charge in [-0.15, -0.1) is 0 Å². The quantitative estimate of drug-likeness (QED) is 0.771. The van der Waals surface area contributed by atoms with Crippen LogP contribution in [-0.2, 0) is 15.8 Å². The van der Waals surface area contributed by atoms with E-state index in [9.17, 15) is 9.36 Å². The predicted octanol–water partition coefficient (Wildman–Crippen LogP) is 1.92. The molecule has 4 nitrogen and oxygen atoms in total. The molecule has 0 spiro atoms. The maximum atomic E-state index is 10.7. The largest absolute Gasteiger partial charge is 0.505 e. The number of hydrogen-bond acceptors (Lipinski definition) is 2. The van der Waals surface area contributed by atoms with E-state index in [2.05, 4.69) is 5.32 Å². The molecule has 0 saturated carbocycles. The minimum atomic E-state index is -2.07. The van der Waals surface area contributed by atoms with Crippen molar-refractivity contribution in [3.63, 3.8) is 0 Å². The highest BCUT2D eigenvalue weighted by molar-refractivity contribution is 7.37. The van der Waals surface area contributed by atoms with E-state index >= 15 is 0 Å². The Morgan fingerprint density at radius 3 is 2.47 bits per heavy atom. The van der Waals surface area contributed by atoms with Crippen LogP contribution in [0, 0.1) is 0 Å². The number of hydrogen-bond donors (Lipinski definition) is 2. The zero-order chi connectivity index (χ0) is 11.3. The monoisotopic (exact) mass is 226 g/mol. The molecule has 0 saturated heterocycles. The van der Waals surface area contributed by atoms with E-state index in [4.69, 9.17) is 4.89 Å². The van der Waals surface area contributed by atoms with Gasteiger partial charge in [-0.05, 0) is 22.3 Å². The fourth-order valence-electron chi connectivity index (χ4n) is 1.18. The van der Waals surface area contributed by atoms with Gasteiger partial charge < -0.3 is 5.32 Å². The lowest BCUT2D eigenvalue weighted by Crippen LogP contribution is -2.05. The summed E-state index contributed by atoms with van der Waals surface area (Å²) in [5.41, 5.74) is 1.72. The Hall–Kier alpha value is -1.25. The van der Waals surface area contributed by atoms with Crippen molar-refractivity contribution in [3.05, 3.63) is 29.8 Å². The first-order chi connectivity index (χ1) is 7.08. The van der Waals surface area contributed by atoms with Gasteiger partial charge in [-0.3, -0.25) is 4.79 Å². The van der Waals surface area contributed by atoms with Crippen LogP contribution >= 0.6 is 8.03 Å². The molecule has 2 N–H and O–H groups in total. The molecule has 0 aliphatic heterocycles. The molecular weight excluding hydrogens is 213 g/mol. The second kappa shape index (κ2) is 5.59. The van der Waals surface area contributed by atoms with Gasteiger partial charge in [0.2, 0.25) is 5.91 Å². The van der Waals surface area contributed by atoms with E-state index in [1.165, 1.54) is 6.92 Å². The van der Waals surface area contributed by atoms with Crippen molar-refractivity contribution in [3.8, 4) is 0 Å². The third-order valence-corrected chi connectivity index (χ3v) is 2.47. The molecule has 80 valence electrons. The van der Waals surface area contributed by atoms with Gasteiger partial charge in [0.1, 0.15) is 0 Å². The number of carbonyl (C=O) groups excluding carboxylic acids is 1. The van der Waals surface area contributed by atoms with E-state index in [1.807, 2.05) is 12.1 Å². The third kappa shape index (κ3) is 4.68. The van der Waals surface area contributed by atoms with Crippen molar-refractivity contribution in [1.82, 2.24) is 0 Å². The molecule has 0 fully saturated rings. The predicted molar refractivity (Wildman–Crippen MR) is 59.1 cm³/mol. The topological polar surface area (TPSA) is 66.4 Å². The minimum absolute atomic E-state index is 0.110. The van der Waals surface area contributed by atoms with Gasteiger partial charge in [-0.2, -0.15) is 4.89 Å². The molecule has 0 aliphatic rings. The Morgan fingerprint density at radius 2 is 2.00 bits per heavy atom. The number of amides is 1. The average Bonchev–Trinajstić information content (AvgIpc) is 2.16. The number of carbonyl (C=O) groups is 1. The molecule has 0 heterocycles. The lowest BCUT2D eigenvalue weighted by atomic mass is 10.1. The summed E-state index contributed by atoms with van der Waals surface area (Å²) in [4.78, 5) is 19.4. The van der Waals surface area contributed by atoms with E-state index < -0.39 is 8.03 Å². The summed E-state index contributed by atoms with van der Waals surface area (Å²) < 4.78 is 10.5. The zero-order valence-electron chi connectivity index (χ0n) is 8.43. The van der Waals surface area contributed by atoms with Crippen molar-refractivity contribution < 1.29 is 14.3 Å². The van der Waals surface area contributed by atoms with Gasteiger partial charge in [-0.25, -0.2) is 0 Å². The molecule has 15 heavy (non-hydrogen) atoms. The molecular formula is C10H13NO3P+. The molecule has 1 aromatic rings. The highest BCUT2D eigenvalue weighted by atomic mass is 31.1. The third-order valence-electron chi connectivity index (χ3n) is 1.87. The van der Waals surface area contributed by atoms with Crippen LogP contribution in [0.15, 0.2) is 24.3 Å². The molecule has 1 aromatic carbocycles. The first-order valence-corrected chi connectivity index (χ1v) is 5.98.